The summed E-state index contributed by atoms with van der Waals surface area (Å²) in [5.41, 5.74) is -0.147. The quantitative estimate of drug-likeness (QED) is 0.458. The Kier molecular flexibility index (Phi) is 5.05. The van der Waals surface area contributed by atoms with Gasteiger partial charge in [-0.2, -0.15) is 0 Å². The van der Waals surface area contributed by atoms with E-state index in [0.29, 0.717) is 11.3 Å². The fraction of sp³-hybridized carbons (Fsp3) is 0.400. The van der Waals surface area contributed by atoms with E-state index < -0.39 is 16.7 Å². The van der Waals surface area contributed by atoms with Crippen LogP contribution in [0.15, 0.2) is 17.2 Å². The summed E-state index contributed by atoms with van der Waals surface area (Å²) in [7, 11) is 0. The number of pyridine rings is 1. The predicted molar refractivity (Wildman–Crippen MR) is 64.9 cm³/mol. The molecule has 2 N–H and O–H groups in total. The number of nitro groups is 1. The fourth-order valence-corrected chi connectivity index (χ4v) is 2.29. The second kappa shape index (κ2) is 6.31. The zero-order chi connectivity index (χ0) is 13.7. The first-order valence-corrected chi connectivity index (χ1v) is 5.99. The maximum absolute atomic E-state index is 11.0. The topological polar surface area (TPSA) is 114 Å². The van der Waals surface area contributed by atoms with E-state index in [-0.39, 0.29) is 17.4 Å². The molecule has 8 heteroatoms. The number of carboxylic acid groups (broad SMARTS) is 1. The molecule has 0 amide bonds. The van der Waals surface area contributed by atoms with Gasteiger partial charge >= 0.3 is 11.8 Å². The van der Waals surface area contributed by atoms with Gasteiger partial charge < -0.3 is 20.3 Å². The summed E-state index contributed by atoms with van der Waals surface area (Å²) in [6.07, 6.45) is 1.68. The summed E-state index contributed by atoms with van der Waals surface area (Å²) < 4.78 is 0. The van der Waals surface area contributed by atoms with Crippen molar-refractivity contribution in [1.82, 2.24) is 4.98 Å². The molecule has 0 spiro atoms. The van der Waals surface area contributed by atoms with Crippen LogP contribution in [-0.4, -0.2) is 37.9 Å². The second-order valence-electron chi connectivity index (χ2n) is 3.54. The maximum Gasteiger partial charge on any atom is 0.364 e. The molecule has 0 fully saturated rings. The summed E-state index contributed by atoms with van der Waals surface area (Å²) in [4.78, 5) is 24.8. The molecule has 98 valence electrons. The third kappa shape index (κ3) is 3.67. The highest BCUT2D eigenvalue weighted by Gasteiger charge is 2.20. The number of aliphatic hydroxyl groups excluding tert-OH is 1. The van der Waals surface area contributed by atoms with Crippen molar-refractivity contribution >= 4 is 23.5 Å². The first-order chi connectivity index (χ1) is 8.45. The lowest BCUT2D eigenvalue weighted by Crippen LogP contribution is -2.05. The van der Waals surface area contributed by atoms with Crippen molar-refractivity contribution in [2.24, 2.45) is 0 Å². The molecule has 1 rings (SSSR count). The van der Waals surface area contributed by atoms with Gasteiger partial charge in [-0.3, -0.25) is 0 Å². The van der Waals surface area contributed by atoms with E-state index in [1.54, 1.807) is 0 Å². The Morgan fingerprint density at radius 3 is 2.83 bits per heavy atom. The van der Waals surface area contributed by atoms with Gasteiger partial charge in [0.15, 0.2) is 6.20 Å². The summed E-state index contributed by atoms with van der Waals surface area (Å²) in [5.74, 6) is -1.73. The first kappa shape index (κ1) is 14.4. The lowest BCUT2D eigenvalue weighted by Gasteiger charge is -2.09. The van der Waals surface area contributed by atoms with Gasteiger partial charge in [0, 0.05) is 11.9 Å². The molecule has 1 unspecified atom stereocenters. The number of hydrogen-bond acceptors (Lipinski definition) is 6. The van der Waals surface area contributed by atoms with Gasteiger partial charge in [0.25, 0.3) is 0 Å². The lowest BCUT2D eigenvalue weighted by atomic mass is 10.2. The molecule has 1 atom stereocenters. The monoisotopic (exact) mass is 272 g/mol. The van der Waals surface area contributed by atoms with Crippen LogP contribution < -0.4 is 0 Å². The molecule has 0 saturated heterocycles. The highest BCUT2D eigenvalue weighted by Crippen LogP contribution is 2.29. The van der Waals surface area contributed by atoms with E-state index in [2.05, 4.69) is 4.98 Å². The molecule has 7 nitrogen and oxygen atoms in total. The number of rotatable bonds is 6. The maximum atomic E-state index is 11.0. The Labute approximate surface area is 107 Å². The van der Waals surface area contributed by atoms with Crippen LogP contribution in [0.3, 0.4) is 0 Å². The van der Waals surface area contributed by atoms with Crippen molar-refractivity contribution in [1.29, 1.82) is 0 Å². The van der Waals surface area contributed by atoms with Crippen molar-refractivity contribution < 1.29 is 19.9 Å². The molecule has 0 aliphatic carbocycles. The number of carboxylic acids is 1. The molecule has 0 radical (unpaired) electrons. The lowest BCUT2D eigenvalue weighted by molar-refractivity contribution is -0.389. The average molecular weight is 272 g/mol. The zero-order valence-electron chi connectivity index (χ0n) is 9.57. The van der Waals surface area contributed by atoms with Crippen molar-refractivity contribution in [3.63, 3.8) is 0 Å². The van der Waals surface area contributed by atoms with Crippen LogP contribution in [0.25, 0.3) is 0 Å². The molecular formula is C10H12N2O5S. The van der Waals surface area contributed by atoms with Gasteiger partial charge in [-0.05, 0) is 16.3 Å². The van der Waals surface area contributed by atoms with Crippen LogP contribution in [0, 0.1) is 10.1 Å². The van der Waals surface area contributed by atoms with Gasteiger partial charge in [-0.1, -0.05) is 6.92 Å². The van der Waals surface area contributed by atoms with Crippen LogP contribution in [0.5, 0.6) is 0 Å². The number of aromatic carboxylic acids is 1. The van der Waals surface area contributed by atoms with Gasteiger partial charge in [0.2, 0.25) is 0 Å². The Hall–Kier alpha value is -1.67. The molecule has 1 heterocycles. The standard InChI is InChI=1S/C10H12N2O5S/c1-6(2-3-13)18-8-5-11-9(12(16)17)4-7(8)10(14)15/h4-6,13H,2-3H2,1H3,(H,14,15). The van der Waals surface area contributed by atoms with Crippen LogP contribution in [0.1, 0.15) is 23.7 Å². The van der Waals surface area contributed by atoms with E-state index >= 15 is 0 Å². The van der Waals surface area contributed by atoms with Crippen molar-refractivity contribution in [2.75, 3.05) is 6.61 Å². The molecule has 0 aromatic carbocycles. The minimum absolute atomic E-state index is 0.00299. The predicted octanol–water partition coefficient (Wildman–Crippen LogP) is 1.55. The number of aromatic nitrogens is 1. The van der Waals surface area contributed by atoms with Crippen molar-refractivity contribution in [2.45, 2.75) is 23.5 Å². The zero-order valence-corrected chi connectivity index (χ0v) is 10.4. The Morgan fingerprint density at radius 1 is 1.67 bits per heavy atom. The minimum Gasteiger partial charge on any atom is -0.478 e. The largest absolute Gasteiger partial charge is 0.478 e. The molecule has 1 aromatic rings. The highest BCUT2D eigenvalue weighted by molar-refractivity contribution is 8.00. The summed E-state index contributed by atoms with van der Waals surface area (Å²) in [5, 5.41) is 28.3. The van der Waals surface area contributed by atoms with Crippen molar-refractivity contribution in [3.8, 4) is 0 Å². The second-order valence-corrected chi connectivity index (χ2v) is 5.02. The highest BCUT2D eigenvalue weighted by atomic mass is 32.2. The molecule has 1 aromatic heterocycles. The number of aliphatic hydroxyl groups is 1. The van der Waals surface area contributed by atoms with Crippen LogP contribution >= 0.6 is 11.8 Å². The van der Waals surface area contributed by atoms with Gasteiger partial charge in [-0.25, -0.2) is 4.79 Å². The Balaban J connectivity index is 3.04. The number of carbonyl (C=O) groups is 1. The molecule has 0 aliphatic rings. The Morgan fingerprint density at radius 2 is 2.33 bits per heavy atom. The molecule has 0 aliphatic heterocycles. The third-order valence-corrected chi connectivity index (χ3v) is 3.35. The number of thioether (sulfide) groups is 1. The average Bonchev–Trinajstić information content (AvgIpc) is 2.29. The van der Waals surface area contributed by atoms with Gasteiger partial charge in [0.1, 0.15) is 0 Å². The van der Waals surface area contributed by atoms with Crippen molar-refractivity contribution in [3.05, 3.63) is 27.9 Å². The summed E-state index contributed by atoms with van der Waals surface area (Å²) >= 11 is 1.22. The smallest absolute Gasteiger partial charge is 0.364 e. The fourth-order valence-electron chi connectivity index (χ4n) is 1.25. The first-order valence-electron chi connectivity index (χ1n) is 5.11. The van der Waals surface area contributed by atoms with E-state index in [9.17, 15) is 14.9 Å². The molecule has 0 bridgehead atoms. The Bertz CT molecular complexity index is 466. The SMILES string of the molecule is CC(CCO)Sc1cnc([N+](=O)[O-])cc1C(=O)O. The minimum atomic E-state index is -1.24. The number of hydrogen-bond donors (Lipinski definition) is 2. The van der Waals surface area contributed by atoms with E-state index in [1.165, 1.54) is 18.0 Å². The van der Waals surface area contributed by atoms with Crippen LogP contribution in [0.4, 0.5) is 5.82 Å². The molecular weight excluding hydrogens is 260 g/mol. The molecule has 18 heavy (non-hydrogen) atoms. The van der Waals surface area contributed by atoms with Gasteiger partial charge in [-0.15, -0.1) is 11.8 Å². The van der Waals surface area contributed by atoms with E-state index in [1.807, 2.05) is 6.92 Å². The summed E-state index contributed by atoms with van der Waals surface area (Å²) in [6, 6.07) is 0.941. The number of nitrogens with zero attached hydrogens (tertiary/aromatic N) is 2. The molecule has 0 saturated carbocycles. The van der Waals surface area contributed by atoms with E-state index in [0.717, 1.165) is 6.07 Å². The van der Waals surface area contributed by atoms with Crippen LogP contribution in [-0.2, 0) is 0 Å². The van der Waals surface area contributed by atoms with Gasteiger partial charge in [0.05, 0.1) is 16.5 Å². The normalized spacial score (nSPS) is 12.1. The summed E-state index contributed by atoms with van der Waals surface area (Å²) in [6.45, 7) is 1.82. The third-order valence-electron chi connectivity index (χ3n) is 2.13. The van der Waals surface area contributed by atoms with E-state index in [4.69, 9.17) is 10.2 Å². The van der Waals surface area contributed by atoms with Crippen LogP contribution in [0.2, 0.25) is 0 Å².